The smallest absolute Gasteiger partial charge is 0.295 e. The number of rotatable bonds is 4. The highest BCUT2D eigenvalue weighted by atomic mass is 32.1. The van der Waals surface area contributed by atoms with E-state index in [1.54, 1.807) is 17.3 Å². The molecule has 1 atom stereocenters. The van der Waals surface area contributed by atoms with Gasteiger partial charge in [-0.3, -0.25) is 14.6 Å². The van der Waals surface area contributed by atoms with E-state index in [1.165, 1.54) is 11.3 Å². The molecule has 0 radical (unpaired) electrons. The molecule has 0 saturated carbocycles. The van der Waals surface area contributed by atoms with E-state index in [0.717, 1.165) is 27.1 Å². The van der Waals surface area contributed by atoms with Crippen LogP contribution in [0.25, 0.3) is 5.76 Å². The van der Waals surface area contributed by atoms with E-state index in [9.17, 15) is 14.7 Å². The summed E-state index contributed by atoms with van der Waals surface area (Å²) in [5.41, 5.74) is 4.36. The summed E-state index contributed by atoms with van der Waals surface area (Å²) in [6.45, 7) is 10.4. The van der Waals surface area contributed by atoms with Crippen LogP contribution in [-0.4, -0.2) is 26.7 Å². The van der Waals surface area contributed by atoms with Crippen LogP contribution in [0.1, 0.15) is 59.5 Å². The molecule has 170 valence electrons. The lowest BCUT2D eigenvalue weighted by atomic mass is 9.84. The van der Waals surface area contributed by atoms with Crippen LogP contribution in [0.4, 0.5) is 0 Å². The maximum absolute atomic E-state index is 13.3. The molecule has 1 fully saturated rings. The summed E-state index contributed by atoms with van der Waals surface area (Å²) in [5, 5.41) is 13.4. The average molecular weight is 461 g/mol. The minimum Gasteiger partial charge on any atom is -0.507 e. The van der Waals surface area contributed by atoms with Gasteiger partial charge >= 0.3 is 0 Å². The Bertz CT molecular complexity index is 1250. The number of pyridine rings is 1. The van der Waals surface area contributed by atoms with Crippen LogP contribution < -0.4 is 0 Å². The van der Waals surface area contributed by atoms with Crippen molar-refractivity contribution in [2.24, 2.45) is 0 Å². The SMILES string of the molecule is Cc1ccc(C(C)(C)C)cc1/C(O)=C1\C(=O)C(=O)N(Cc2ccncc2)C1c1sccc1C. The molecule has 3 heterocycles. The highest BCUT2D eigenvalue weighted by Gasteiger charge is 2.47. The highest BCUT2D eigenvalue weighted by Crippen LogP contribution is 2.44. The molecule has 6 heteroatoms. The van der Waals surface area contributed by atoms with Crippen LogP contribution in [0.3, 0.4) is 0 Å². The Morgan fingerprint density at radius 1 is 1.06 bits per heavy atom. The van der Waals surface area contributed by atoms with Gasteiger partial charge in [0, 0.05) is 29.4 Å². The normalized spacial score (nSPS) is 18.2. The summed E-state index contributed by atoms with van der Waals surface area (Å²) >= 11 is 1.49. The number of aliphatic hydroxyl groups is 1. The quantitative estimate of drug-likeness (QED) is 0.309. The minimum absolute atomic E-state index is 0.119. The number of aromatic nitrogens is 1. The summed E-state index contributed by atoms with van der Waals surface area (Å²) in [7, 11) is 0. The number of carbonyl (C=O) groups excluding carboxylic acids is 2. The molecule has 0 aliphatic carbocycles. The number of hydrogen-bond donors (Lipinski definition) is 1. The fraction of sp³-hybridized carbons (Fsp3) is 0.296. The lowest BCUT2D eigenvalue weighted by Gasteiger charge is -2.25. The molecule has 1 aliphatic heterocycles. The molecule has 4 rings (SSSR count). The molecular formula is C27H28N2O3S. The number of carbonyl (C=O) groups is 2. The molecule has 5 nitrogen and oxygen atoms in total. The molecule has 3 aromatic rings. The third kappa shape index (κ3) is 4.23. The first-order valence-corrected chi connectivity index (χ1v) is 11.8. The van der Waals surface area contributed by atoms with Crippen LogP contribution in [0, 0.1) is 13.8 Å². The second-order valence-corrected chi connectivity index (χ2v) is 10.5. The van der Waals surface area contributed by atoms with E-state index in [2.05, 4.69) is 25.8 Å². The van der Waals surface area contributed by atoms with Crippen molar-refractivity contribution in [3.63, 3.8) is 0 Å². The summed E-state index contributed by atoms with van der Waals surface area (Å²) in [6.07, 6.45) is 3.33. The zero-order chi connectivity index (χ0) is 23.9. The zero-order valence-corrected chi connectivity index (χ0v) is 20.4. The molecule has 0 bridgehead atoms. The van der Waals surface area contributed by atoms with Gasteiger partial charge in [-0.05, 0) is 71.2 Å². The number of likely N-dealkylation sites (tertiary alicyclic amines) is 1. The Morgan fingerprint density at radius 2 is 1.76 bits per heavy atom. The van der Waals surface area contributed by atoms with Crippen LogP contribution in [-0.2, 0) is 21.5 Å². The number of hydrogen-bond acceptors (Lipinski definition) is 5. The third-order valence-corrected chi connectivity index (χ3v) is 7.22. The summed E-state index contributed by atoms with van der Waals surface area (Å²) < 4.78 is 0. The van der Waals surface area contributed by atoms with E-state index in [4.69, 9.17) is 0 Å². The number of nitrogens with zero attached hydrogens (tertiary/aromatic N) is 2. The number of aryl methyl sites for hydroxylation is 2. The topological polar surface area (TPSA) is 70.5 Å². The number of thiophene rings is 1. The Balaban J connectivity index is 1.91. The predicted molar refractivity (Wildman–Crippen MR) is 131 cm³/mol. The van der Waals surface area contributed by atoms with E-state index >= 15 is 0 Å². The van der Waals surface area contributed by atoms with Crippen molar-refractivity contribution in [1.29, 1.82) is 0 Å². The van der Waals surface area contributed by atoms with Gasteiger partial charge in [-0.25, -0.2) is 0 Å². The Labute approximate surface area is 198 Å². The number of Topliss-reactive ketones (excluding diaryl/α,β-unsaturated/α-hetero) is 1. The van der Waals surface area contributed by atoms with Gasteiger partial charge in [-0.2, -0.15) is 0 Å². The lowest BCUT2D eigenvalue weighted by molar-refractivity contribution is -0.140. The fourth-order valence-corrected chi connectivity index (χ4v) is 5.20. The first-order chi connectivity index (χ1) is 15.6. The number of benzene rings is 1. The number of aliphatic hydroxyl groups excluding tert-OH is 1. The van der Waals surface area contributed by atoms with E-state index in [0.29, 0.717) is 5.56 Å². The van der Waals surface area contributed by atoms with Crippen molar-refractivity contribution >= 4 is 28.8 Å². The van der Waals surface area contributed by atoms with Crippen LogP contribution in [0.2, 0.25) is 0 Å². The number of amides is 1. The maximum Gasteiger partial charge on any atom is 0.295 e. The first kappa shape index (κ1) is 22.9. The maximum atomic E-state index is 13.3. The summed E-state index contributed by atoms with van der Waals surface area (Å²) in [4.78, 5) is 33.0. The second kappa shape index (κ2) is 8.60. The van der Waals surface area contributed by atoms with Crippen molar-refractivity contribution in [1.82, 2.24) is 9.88 Å². The van der Waals surface area contributed by atoms with E-state index in [-0.39, 0.29) is 23.3 Å². The van der Waals surface area contributed by atoms with E-state index < -0.39 is 17.7 Å². The highest BCUT2D eigenvalue weighted by molar-refractivity contribution is 7.10. The molecule has 1 amide bonds. The monoisotopic (exact) mass is 460 g/mol. The Kier molecular flexibility index (Phi) is 5.97. The second-order valence-electron chi connectivity index (χ2n) is 9.53. The fourth-order valence-electron chi connectivity index (χ4n) is 4.15. The van der Waals surface area contributed by atoms with Gasteiger partial charge in [-0.15, -0.1) is 11.3 Å². The Hall–Kier alpha value is -3.25. The van der Waals surface area contributed by atoms with Gasteiger partial charge in [0.1, 0.15) is 11.8 Å². The van der Waals surface area contributed by atoms with Crippen LogP contribution >= 0.6 is 11.3 Å². The Morgan fingerprint density at radius 3 is 2.36 bits per heavy atom. The van der Waals surface area contributed by atoms with Crippen LogP contribution in [0.5, 0.6) is 0 Å². The van der Waals surface area contributed by atoms with Gasteiger partial charge in [0.25, 0.3) is 11.7 Å². The van der Waals surface area contributed by atoms with Crippen molar-refractivity contribution in [3.05, 3.63) is 92.4 Å². The van der Waals surface area contributed by atoms with Crippen molar-refractivity contribution in [2.75, 3.05) is 0 Å². The van der Waals surface area contributed by atoms with Crippen molar-refractivity contribution < 1.29 is 14.7 Å². The van der Waals surface area contributed by atoms with Gasteiger partial charge in [0.2, 0.25) is 0 Å². The number of ketones is 1. The molecule has 1 aliphatic rings. The van der Waals surface area contributed by atoms with Gasteiger partial charge in [0.15, 0.2) is 0 Å². The molecule has 0 spiro atoms. The predicted octanol–water partition coefficient (Wildman–Crippen LogP) is 5.68. The van der Waals surface area contributed by atoms with Gasteiger partial charge < -0.3 is 10.0 Å². The first-order valence-electron chi connectivity index (χ1n) is 10.9. The van der Waals surface area contributed by atoms with Crippen molar-refractivity contribution in [3.8, 4) is 0 Å². The molecular weight excluding hydrogens is 432 g/mol. The lowest BCUT2D eigenvalue weighted by Crippen LogP contribution is -2.29. The molecule has 1 aromatic carbocycles. The summed E-state index contributed by atoms with van der Waals surface area (Å²) in [5.74, 6) is -1.37. The molecule has 1 unspecified atom stereocenters. The average Bonchev–Trinajstić information content (AvgIpc) is 3.29. The molecule has 1 saturated heterocycles. The van der Waals surface area contributed by atoms with Gasteiger partial charge in [-0.1, -0.05) is 32.9 Å². The van der Waals surface area contributed by atoms with E-state index in [1.807, 2.05) is 55.6 Å². The largest absolute Gasteiger partial charge is 0.507 e. The van der Waals surface area contributed by atoms with Crippen molar-refractivity contribution in [2.45, 2.75) is 52.6 Å². The summed E-state index contributed by atoms with van der Waals surface area (Å²) in [6, 6.07) is 10.9. The van der Waals surface area contributed by atoms with Crippen LogP contribution in [0.15, 0.2) is 59.7 Å². The zero-order valence-electron chi connectivity index (χ0n) is 19.5. The minimum atomic E-state index is -0.653. The molecule has 2 aromatic heterocycles. The third-order valence-electron chi connectivity index (χ3n) is 6.15. The molecule has 1 N–H and O–H groups in total. The van der Waals surface area contributed by atoms with Gasteiger partial charge in [0.05, 0.1) is 5.57 Å². The standard InChI is InChI=1S/C27H28N2O3S/c1-16-6-7-19(27(3,4)5)14-20(16)23(30)21-22(25-17(2)10-13-33-25)29(26(32)24(21)31)15-18-8-11-28-12-9-18/h6-14,22,30H,15H2,1-5H3/b23-21+. The molecule has 33 heavy (non-hydrogen) atoms.